The van der Waals surface area contributed by atoms with Crippen molar-refractivity contribution < 1.29 is 19.4 Å². The highest BCUT2D eigenvalue weighted by atomic mass is 35.5. The molecule has 2 rings (SSSR count). The Morgan fingerprint density at radius 3 is 2.62 bits per heavy atom. The van der Waals surface area contributed by atoms with E-state index in [1.807, 2.05) is 0 Å². The normalized spacial score (nSPS) is 11.0. The summed E-state index contributed by atoms with van der Waals surface area (Å²) < 4.78 is 10.5. The Hall–Kier alpha value is -2.46. The van der Waals surface area contributed by atoms with Gasteiger partial charge in [-0.25, -0.2) is 4.79 Å². The molecule has 2 aromatic carbocycles. The molecule has 108 valence electrons. The smallest absolute Gasteiger partial charge is 0.339 e. The van der Waals surface area contributed by atoms with E-state index < -0.39 is 5.97 Å². The summed E-state index contributed by atoms with van der Waals surface area (Å²) in [6.07, 6.45) is 1.17. The molecule has 0 bridgehead atoms. The first-order chi connectivity index (χ1) is 10.1. The average Bonchev–Trinajstić information content (AvgIpc) is 2.45. The molecule has 0 amide bonds. The van der Waals surface area contributed by atoms with Crippen LogP contribution in [0.15, 0.2) is 54.8 Å². The van der Waals surface area contributed by atoms with Crippen molar-refractivity contribution in [3.8, 4) is 11.5 Å². The molecule has 21 heavy (non-hydrogen) atoms. The van der Waals surface area contributed by atoms with Crippen LogP contribution in [0.4, 0.5) is 0 Å². The molecule has 4 nitrogen and oxygen atoms in total. The molecular formula is C16H13ClO4. The second kappa shape index (κ2) is 6.81. The summed E-state index contributed by atoms with van der Waals surface area (Å²) >= 11 is 5.91. The lowest BCUT2D eigenvalue weighted by Gasteiger charge is -2.11. The summed E-state index contributed by atoms with van der Waals surface area (Å²) in [4.78, 5) is 11.3. The van der Waals surface area contributed by atoms with Crippen LogP contribution in [0.1, 0.15) is 5.56 Å². The number of ether oxygens (including phenoxy) is 2. The fraction of sp³-hybridized carbons (Fsp3) is 0.0625. The number of carboxylic acid groups (broad SMARTS) is 1. The predicted molar refractivity (Wildman–Crippen MR) is 80.6 cm³/mol. The summed E-state index contributed by atoms with van der Waals surface area (Å²) in [7, 11) is 1.39. The molecule has 5 heteroatoms. The highest BCUT2D eigenvalue weighted by molar-refractivity contribution is 6.30. The van der Waals surface area contributed by atoms with E-state index >= 15 is 0 Å². The van der Waals surface area contributed by atoms with E-state index in [1.54, 1.807) is 48.5 Å². The summed E-state index contributed by atoms with van der Waals surface area (Å²) in [5.41, 5.74) is 0.432. The number of methoxy groups -OCH3 is 1. The number of halogens is 1. The average molecular weight is 305 g/mol. The first-order valence-corrected chi connectivity index (χ1v) is 6.48. The topological polar surface area (TPSA) is 55.8 Å². The third-order valence-corrected chi connectivity index (χ3v) is 2.90. The van der Waals surface area contributed by atoms with Gasteiger partial charge >= 0.3 is 5.97 Å². The van der Waals surface area contributed by atoms with Gasteiger partial charge in [-0.3, -0.25) is 0 Å². The number of carboxylic acids is 1. The van der Waals surface area contributed by atoms with Crippen LogP contribution in [0.5, 0.6) is 11.5 Å². The van der Waals surface area contributed by atoms with E-state index in [2.05, 4.69) is 0 Å². The number of para-hydroxylation sites is 1. The van der Waals surface area contributed by atoms with Crippen molar-refractivity contribution >= 4 is 23.1 Å². The zero-order valence-corrected chi connectivity index (χ0v) is 12.0. The van der Waals surface area contributed by atoms with E-state index in [4.69, 9.17) is 21.1 Å². The molecule has 0 aromatic heterocycles. The standard InChI is InChI=1S/C16H13ClO4/c1-20-10-14(16(18)19)13-7-2-3-8-15(13)21-12-6-4-5-11(17)9-12/h2-10H,1H3,(H,18,19)/b14-10-. The van der Waals surface area contributed by atoms with Gasteiger partial charge in [-0.2, -0.15) is 0 Å². The van der Waals surface area contributed by atoms with Crippen LogP contribution < -0.4 is 4.74 Å². The first kappa shape index (κ1) is 14.9. The van der Waals surface area contributed by atoms with Gasteiger partial charge in [0, 0.05) is 10.6 Å². The van der Waals surface area contributed by atoms with Crippen molar-refractivity contribution in [2.45, 2.75) is 0 Å². The molecule has 0 fully saturated rings. The maximum Gasteiger partial charge on any atom is 0.339 e. The Morgan fingerprint density at radius 2 is 1.95 bits per heavy atom. The minimum absolute atomic E-state index is 0.00938. The van der Waals surface area contributed by atoms with Gasteiger partial charge in [-0.1, -0.05) is 35.9 Å². The Labute approximate surface area is 127 Å². The molecule has 0 heterocycles. The monoisotopic (exact) mass is 304 g/mol. The van der Waals surface area contributed by atoms with E-state index in [0.717, 1.165) is 0 Å². The Balaban J connectivity index is 2.41. The summed E-state index contributed by atoms with van der Waals surface area (Å²) in [6.45, 7) is 0. The van der Waals surface area contributed by atoms with Gasteiger partial charge in [-0.05, 0) is 24.3 Å². The number of hydrogen-bond acceptors (Lipinski definition) is 3. The highest BCUT2D eigenvalue weighted by Gasteiger charge is 2.16. The van der Waals surface area contributed by atoms with Gasteiger partial charge in [0.25, 0.3) is 0 Å². The largest absolute Gasteiger partial charge is 0.503 e. The molecule has 0 aliphatic carbocycles. The number of aliphatic carboxylic acids is 1. The van der Waals surface area contributed by atoms with Crippen LogP contribution >= 0.6 is 11.6 Å². The van der Waals surface area contributed by atoms with E-state index in [9.17, 15) is 9.90 Å². The zero-order chi connectivity index (χ0) is 15.2. The summed E-state index contributed by atoms with van der Waals surface area (Å²) in [5.74, 6) is -0.165. The van der Waals surface area contributed by atoms with E-state index in [0.29, 0.717) is 22.1 Å². The lowest BCUT2D eigenvalue weighted by atomic mass is 10.1. The third kappa shape index (κ3) is 3.77. The summed E-state index contributed by atoms with van der Waals surface area (Å²) in [5, 5.41) is 9.81. The van der Waals surface area contributed by atoms with Gasteiger partial charge in [0.2, 0.25) is 0 Å². The molecule has 0 saturated heterocycles. The molecule has 0 unspecified atom stereocenters. The Kier molecular flexibility index (Phi) is 4.85. The SMILES string of the molecule is CO/C=C(\C(=O)O)c1ccccc1Oc1cccc(Cl)c1. The van der Waals surface area contributed by atoms with Crippen molar-refractivity contribution in [3.05, 3.63) is 65.4 Å². The molecule has 2 aromatic rings. The molecular weight excluding hydrogens is 292 g/mol. The quantitative estimate of drug-likeness (QED) is 0.664. The van der Waals surface area contributed by atoms with Crippen molar-refractivity contribution in [1.82, 2.24) is 0 Å². The number of benzene rings is 2. The van der Waals surface area contributed by atoms with Gasteiger partial charge in [0.1, 0.15) is 17.1 Å². The number of carbonyl (C=O) groups is 1. The fourth-order valence-electron chi connectivity index (χ4n) is 1.78. The van der Waals surface area contributed by atoms with Crippen LogP contribution in [-0.4, -0.2) is 18.2 Å². The third-order valence-electron chi connectivity index (χ3n) is 2.67. The number of hydrogen-bond donors (Lipinski definition) is 1. The van der Waals surface area contributed by atoms with Crippen molar-refractivity contribution in [2.24, 2.45) is 0 Å². The first-order valence-electron chi connectivity index (χ1n) is 6.11. The highest BCUT2D eigenvalue weighted by Crippen LogP contribution is 2.31. The van der Waals surface area contributed by atoms with Crippen LogP contribution in [0.3, 0.4) is 0 Å². The fourth-order valence-corrected chi connectivity index (χ4v) is 1.96. The van der Waals surface area contributed by atoms with Crippen LogP contribution in [0, 0.1) is 0 Å². The molecule has 0 aliphatic heterocycles. The summed E-state index contributed by atoms with van der Waals surface area (Å²) in [6, 6.07) is 13.7. The Morgan fingerprint density at radius 1 is 1.19 bits per heavy atom. The molecule has 0 spiro atoms. The maximum atomic E-state index is 11.3. The van der Waals surface area contributed by atoms with Gasteiger partial charge in [0.15, 0.2) is 0 Å². The van der Waals surface area contributed by atoms with Crippen LogP contribution in [-0.2, 0) is 9.53 Å². The minimum Gasteiger partial charge on any atom is -0.503 e. The maximum absolute atomic E-state index is 11.3. The van der Waals surface area contributed by atoms with Gasteiger partial charge in [-0.15, -0.1) is 0 Å². The lowest BCUT2D eigenvalue weighted by Crippen LogP contribution is -2.02. The predicted octanol–water partition coefficient (Wildman–Crippen LogP) is 4.20. The lowest BCUT2D eigenvalue weighted by molar-refractivity contribution is -0.130. The van der Waals surface area contributed by atoms with Crippen LogP contribution in [0.2, 0.25) is 5.02 Å². The van der Waals surface area contributed by atoms with Crippen molar-refractivity contribution in [1.29, 1.82) is 0 Å². The van der Waals surface area contributed by atoms with Crippen LogP contribution in [0.25, 0.3) is 5.57 Å². The second-order valence-electron chi connectivity index (χ2n) is 4.13. The molecule has 0 aliphatic rings. The molecule has 0 atom stereocenters. The Bertz CT molecular complexity index is 679. The molecule has 0 saturated carbocycles. The van der Waals surface area contributed by atoms with Gasteiger partial charge in [0.05, 0.1) is 13.4 Å². The molecule has 0 radical (unpaired) electrons. The molecule has 1 N–H and O–H groups in total. The second-order valence-corrected chi connectivity index (χ2v) is 4.56. The number of rotatable bonds is 5. The van der Waals surface area contributed by atoms with Crippen molar-refractivity contribution in [3.63, 3.8) is 0 Å². The van der Waals surface area contributed by atoms with Gasteiger partial charge < -0.3 is 14.6 Å². The minimum atomic E-state index is -1.10. The van der Waals surface area contributed by atoms with E-state index in [1.165, 1.54) is 13.4 Å². The zero-order valence-electron chi connectivity index (χ0n) is 11.2. The van der Waals surface area contributed by atoms with Crippen molar-refractivity contribution in [2.75, 3.05) is 7.11 Å². The van der Waals surface area contributed by atoms with E-state index in [-0.39, 0.29) is 5.57 Å².